The summed E-state index contributed by atoms with van der Waals surface area (Å²) in [6.45, 7) is 13.0. The fourth-order valence-corrected chi connectivity index (χ4v) is 6.20. The Bertz CT molecular complexity index is 732. The van der Waals surface area contributed by atoms with Crippen LogP contribution in [-0.4, -0.2) is 18.8 Å². The van der Waals surface area contributed by atoms with Crippen molar-refractivity contribution in [3.8, 4) is 22.3 Å². The molecule has 0 spiro atoms. The summed E-state index contributed by atoms with van der Waals surface area (Å²) in [5.74, 6) is 0. The molecule has 21 heavy (non-hydrogen) atoms. The van der Waals surface area contributed by atoms with Crippen LogP contribution in [0.15, 0.2) is 30.8 Å². The van der Waals surface area contributed by atoms with Crippen molar-refractivity contribution in [2.75, 3.05) is 0 Å². The van der Waals surface area contributed by atoms with Gasteiger partial charge < -0.3 is 4.12 Å². The minimum atomic E-state index is -0.953. The van der Waals surface area contributed by atoms with E-state index in [4.69, 9.17) is 4.12 Å². The fourth-order valence-electron chi connectivity index (χ4n) is 3.21. The van der Waals surface area contributed by atoms with Crippen molar-refractivity contribution < 1.29 is 4.12 Å². The summed E-state index contributed by atoms with van der Waals surface area (Å²) >= 11 is 0. The standard InChI is InChI=1S/C18H22OSi2/c1-6-13-11(2)12(3)18(20-19-21(4)5)17-15-10-8-7-9-14(15)16(13)17/h6-10,21H,1,20H2,2-5H3. The molecule has 0 amide bonds. The molecule has 108 valence electrons. The molecule has 3 rings (SSSR count). The van der Waals surface area contributed by atoms with E-state index in [0.717, 1.165) is 0 Å². The Hall–Kier alpha value is -1.43. The van der Waals surface area contributed by atoms with Gasteiger partial charge in [-0.05, 0) is 71.1 Å². The van der Waals surface area contributed by atoms with E-state index in [-0.39, 0.29) is 0 Å². The molecular formula is C18H22OSi2. The van der Waals surface area contributed by atoms with Crippen LogP contribution in [0.4, 0.5) is 0 Å². The van der Waals surface area contributed by atoms with Gasteiger partial charge in [-0.25, -0.2) is 0 Å². The molecule has 1 nitrogen and oxygen atoms in total. The third kappa shape index (κ3) is 2.16. The van der Waals surface area contributed by atoms with E-state index < -0.39 is 18.8 Å². The molecule has 0 bridgehead atoms. The van der Waals surface area contributed by atoms with Gasteiger partial charge in [-0.3, -0.25) is 0 Å². The second-order valence-corrected chi connectivity index (χ2v) is 10.4. The first kappa shape index (κ1) is 14.5. The highest BCUT2D eigenvalue weighted by Crippen LogP contribution is 2.49. The van der Waals surface area contributed by atoms with Crippen LogP contribution in [0.5, 0.6) is 0 Å². The summed E-state index contributed by atoms with van der Waals surface area (Å²) < 4.78 is 6.17. The number of rotatable bonds is 4. The largest absolute Gasteiger partial charge is 0.459 e. The van der Waals surface area contributed by atoms with Gasteiger partial charge in [0.25, 0.3) is 0 Å². The van der Waals surface area contributed by atoms with Crippen LogP contribution in [0.25, 0.3) is 28.3 Å². The number of hydrogen-bond acceptors (Lipinski definition) is 1. The third-order valence-corrected chi connectivity index (χ3v) is 8.98. The van der Waals surface area contributed by atoms with Crippen LogP contribution in [-0.2, 0) is 4.12 Å². The van der Waals surface area contributed by atoms with E-state index in [2.05, 4.69) is 57.8 Å². The van der Waals surface area contributed by atoms with Gasteiger partial charge in [-0.15, -0.1) is 0 Å². The summed E-state index contributed by atoms with van der Waals surface area (Å²) in [6.07, 6.45) is 2.01. The van der Waals surface area contributed by atoms with Crippen LogP contribution in [0.1, 0.15) is 16.7 Å². The lowest BCUT2D eigenvalue weighted by Crippen LogP contribution is -2.31. The maximum absolute atomic E-state index is 6.17. The summed E-state index contributed by atoms with van der Waals surface area (Å²) in [6, 6.07) is 8.72. The first-order chi connectivity index (χ1) is 10.1. The average molecular weight is 311 g/mol. The van der Waals surface area contributed by atoms with Crippen molar-refractivity contribution in [1.29, 1.82) is 0 Å². The zero-order valence-corrected chi connectivity index (χ0v) is 15.9. The normalized spacial score (nSPS) is 12.4. The van der Waals surface area contributed by atoms with Gasteiger partial charge in [0, 0.05) is 0 Å². The lowest BCUT2D eigenvalue weighted by atomic mass is 9.75. The topological polar surface area (TPSA) is 9.23 Å². The minimum absolute atomic E-state index is 0.644. The molecule has 2 aromatic rings. The number of fused-ring (bicyclic) bond motifs is 4. The lowest BCUT2D eigenvalue weighted by Gasteiger charge is -2.32. The Balaban J connectivity index is 2.21. The molecule has 0 unspecified atom stereocenters. The van der Waals surface area contributed by atoms with Gasteiger partial charge in [0.05, 0.1) is 0 Å². The summed E-state index contributed by atoms with van der Waals surface area (Å²) in [7, 11) is -1.60. The molecule has 0 saturated heterocycles. The molecule has 0 aromatic heterocycles. The van der Waals surface area contributed by atoms with Gasteiger partial charge in [-0.1, -0.05) is 36.9 Å². The smallest absolute Gasteiger partial charge is 0.179 e. The van der Waals surface area contributed by atoms with Crippen molar-refractivity contribution in [1.82, 2.24) is 0 Å². The summed E-state index contributed by atoms with van der Waals surface area (Å²) in [5, 5.41) is 1.51. The predicted octanol–water partition coefficient (Wildman–Crippen LogP) is 3.30. The Morgan fingerprint density at radius 2 is 1.67 bits per heavy atom. The van der Waals surface area contributed by atoms with Gasteiger partial charge in [-0.2, -0.15) is 0 Å². The third-order valence-electron chi connectivity index (χ3n) is 4.47. The number of hydrogen-bond donors (Lipinski definition) is 0. The number of benzene rings is 2. The predicted molar refractivity (Wildman–Crippen MR) is 98.6 cm³/mol. The van der Waals surface area contributed by atoms with Crippen LogP contribution in [0.3, 0.4) is 0 Å². The SMILES string of the molecule is C=Cc1c(C)c(C)c([SiH2]O[SiH](C)C)c2c1-c1ccccc1-2. The Morgan fingerprint density at radius 3 is 2.24 bits per heavy atom. The molecule has 2 aromatic carbocycles. The maximum atomic E-state index is 6.17. The van der Waals surface area contributed by atoms with E-state index in [1.165, 1.54) is 44.1 Å². The monoisotopic (exact) mass is 310 g/mol. The quantitative estimate of drug-likeness (QED) is 0.672. The van der Waals surface area contributed by atoms with E-state index in [1.54, 1.807) is 0 Å². The van der Waals surface area contributed by atoms with Crippen molar-refractivity contribution in [2.45, 2.75) is 26.9 Å². The first-order valence-electron chi connectivity index (χ1n) is 7.56. The second-order valence-electron chi connectivity index (χ2n) is 6.00. The van der Waals surface area contributed by atoms with Crippen LogP contribution in [0, 0.1) is 13.8 Å². The Labute approximate surface area is 131 Å². The van der Waals surface area contributed by atoms with E-state index >= 15 is 0 Å². The van der Waals surface area contributed by atoms with Crippen molar-refractivity contribution >= 4 is 30.1 Å². The average Bonchev–Trinajstić information content (AvgIpc) is 2.46. The van der Waals surface area contributed by atoms with Gasteiger partial charge >= 0.3 is 0 Å². The fraction of sp³-hybridized carbons (Fsp3) is 0.222. The van der Waals surface area contributed by atoms with Gasteiger partial charge in [0.1, 0.15) is 0 Å². The van der Waals surface area contributed by atoms with Crippen molar-refractivity contribution in [3.05, 3.63) is 47.5 Å². The molecule has 0 fully saturated rings. The molecule has 1 aliphatic rings. The van der Waals surface area contributed by atoms with Gasteiger partial charge in [0.2, 0.25) is 0 Å². The molecule has 0 aliphatic heterocycles. The first-order valence-corrected chi connectivity index (χ1v) is 11.6. The Kier molecular flexibility index (Phi) is 3.74. The summed E-state index contributed by atoms with van der Waals surface area (Å²) in [5.41, 5.74) is 9.72. The second kappa shape index (κ2) is 5.41. The molecule has 3 heteroatoms. The zero-order valence-electron chi connectivity index (χ0n) is 13.3. The minimum Gasteiger partial charge on any atom is -0.459 e. The Morgan fingerprint density at radius 1 is 1.05 bits per heavy atom. The molecule has 1 aliphatic carbocycles. The molecule has 0 atom stereocenters. The lowest BCUT2D eigenvalue weighted by molar-refractivity contribution is 0.635. The van der Waals surface area contributed by atoms with E-state index in [0.29, 0.717) is 0 Å². The molecule has 0 N–H and O–H groups in total. The van der Waals surface area contributed by atoms with Crippen molar-refractivity contribution in [2.24, 2.45) is 0 Å². The highest BCUT2D eigenvalue weighted by Gasteiger charge is 2.30. The molecule has 0 heterocycles. The van der Waals surface area contributed by atoms with Crippen LogP contribution >= 0.6 is 0 Å². The van der Waals surface area contributed by atoms with Gasteiger partial charge in [0.15, 0.2) is 18.8 Å². The highest BCUT2D eigenvalue weighted by molar-refractivity contribution is 6.63. The highest BCUT2D eigenvalue weighted by atomic mass is 28.3. The molecular weight excluding hydrogens is 288 g/mol. The van der Waals surface area contributed by atoms with E-state index in [1.807, 2.05) is 6.08 Å². The van der Waals surface area contributed by atoms with Crippen LogP contribution in [0.2, 0.25) is 13.1 Å². The van der Waals surface area contributed by atoms with Crippen molar-refractivity contribution in [3.63, 3.8) is 0 Å². The summed E-state index contributed by atoms with van der Waals surface area (Å²) in [4.78, 5) is 0. The maximum Gasteiger partial charge on any atom is 0.179 e. The van der Waals surface area contributed by atoms with Crippen LogP contribution < -0.4 is 5.19 Å². The zero-order chi connectivity index (χ0) is 15.1. The molecule has 0 radical (unpaired) electrons. The van der Waals surface area contributed by atoms with E-state index in [9.17, 15) is 0 Å². The molecule has 0 saturated carbocycles.